The van der Waals surface area contributed by atoms with Crippen LogP contribution in [-0.2, 0) is 31.0 Å². The molecule has 0 unspecified atom stereocenters. The Hall–Kier alpha value is -2.51. The summed E-state index contributed by atoms with van der Waals surface area (Å²) in [5, 5.41) is 3.61. The zero-order valence-electron chi connectivity index (χ0n) is 11.7. The van der Waals surface area contributed by atoms with Crippen LogP contribution in [-0.4, -0.2) is 15.7 Å². The van der Waals surface area contributed by atoms with Crippen molar-refractivity contribution in [2.75, 3.05) is 0 Å². The molecular weight excluding hydrogens is 299 g/mol. The third kappa shape index (κ3) is 3.57. The normalized spacial score (nSPS) is 11.5. The minimum atomic E-state index is -4.52. The van der Waals surface area contributed by atoms with Gasteiger partial charge in [-0.05, 0) is 6.07 Å². The van der Waals surface area contributed by atoms with Crippen molar-refractivity contribution in [3.8, 4) is 5.75 Å². The third-order valence-electron chi connectivity index (χ3n) is 3.00. The first-order valence-electron chi connectivity index (χ1n) is 6.36. The van der Waals surface area contributed by atoms with E-state index in [0.717, 1.165) is 10.9 Å². The fourth-order valence-corrected chi connectivity index (χ4v) is 2.09. The van der Waals surface area contributed by atoms with Gasteiger partial charge in [-0.3, -0.25) is 9.48 Å². The molecule has 22 heavy (non-hydrogen) atoms. The van der Waals surface area contributed by atoms with Gasteiger partial charge in [0, 0.05) is 18.2 Å². The highest BCUT2D eigenvalue weighted by Gasteiger charge is 2.37. The quantitative estimate of drug-likeness (QED) is 0.918. The Bertz CT molecular complexity index is 680. The molecule has 2 rings (SSSR count). The van der Waals surface area contributed by atoms with Crippen LogP contribution in [0.1, 0.15) is 16.8 Å². The average molecular weight is 313 g/mol. The number of hydrogen-bond donors (Lipinski definition) is 1. The molecule has 0 saturated heterocycles. The number of halogens is 3. The largest absolute Gasteiger partial charge is 0.488 e. The van der Waals surface area contributed by atoms with Crippen LogP contribution in [0.2, 0.25) is 0 Å². The molecule has 0 aliphatic carbocycles. The Balaban J connectivity index is 2.20. The number of aryl methyl sites for hydroxylation is 1. The molecule has 1 heterocycles. The maximum atomic E-state index is 12.9. The molecule has 0 bridgehead atoms. The summed E-state index contributed by atoms with van der Waals surface area (Å²) in [4.78, 5) is 11.0. The summed E-state index contributed by atoms with van der Waals surface area (Å²) in [6, 6.07) is 6.56. The first-order chi connectivity index (χ1) is 10.3. The van der Waals surface area contributed by atoms with E-state index in [0.29, 0.717) is 11.3 Å². The summed E-state index contributed by atoms with van der Waals surface area (Å²) in [5.41, 5.74) is 4.71. The van der Waals surface area contributed by atoms with E-state index in [9.17, 15) is 18.0 Å². The van der Waals surface area contributed by atoms with E-state index in [1.54, 1.807) is 24.3 Å². The Morgan fingerprint density at radius 3 is 2.64 bits per heavy atom. The molecule has 0 aliphatic rings. The summed E-state index contributed by atoms with van der Waals surface area (Å²) in [7, 11) is 1.22. The standard InChI is InChI=1S/C14H14F3N3O2/c1-20-13(14(15,16)17)10(7-19-20)8-22-11-5-3-2-4-9(11)6-12(18)21/h2-5,7H,6,8H2,1H3,(H2,18,21). The van der Waals surface area contributed by atoms with Gasteiger partial charge in [-0.25, -0.2) is 0 Å². The van der Waals surface area contributed by atoms with Crippen LogP contribution >= 0.6 is 0 Å². The van der Waals surface area contributed by atoms with E-state index in [2.05, 4.69) is 5.10 Å². The summed E-state index contributed by atoms with van der Waals surface area (Å²) < 4.78 is 45.0. The fraction of sp³-hybridized carbons (Fsp3) is 0.286. The second-order valence-corrected chi connectivity index (χ2v) is 4.68. The SMILES string of the molecule is Cn1ncc(COc2ccccc2CC(N)=O)c1C(F)(F)F. The monoisotopic (exact) mass is 313 g/mol. The van der Waals surface area contributed by atoms with Gasteiger partial charge in [0.1, 0.15) is 18.1 Å². The summed E-state index contributed by atoms with van der Waals surface area (Å²) in [5.74, 6) is -0.230. The number of alkyl halides is 3. The Morgan fingerprint density at radius 2 is 2.00 bits per heavy atom. The number of aromatic nitrogens is 2. The van der Waals surface area contributed by atoms with E-state index >= 15 is 0 Å². The van der Waals surface area contributed by atoms with E-state index < -0.39 is 17.8 Å². The van der Waals surface area contributed by atoms with E-state index in [-0.39, 0.29) is 18.6 Å². The van der Waals surface area contributed by atoms with Gasteiger partial charge in [0.05, 0.1) is 12.6 Å². The number of ether oxygens (including phenoxy) is 1. The number of benzene rings is 1. The first kappa shape index (κ1) is 15.9. The number of carbonyl (C=O) groups is 1. The lowest BCUT2D eigenvalue weighted by molar-refractivity contribution is -0.144. The number of nitrogens with two attached hydrogens (primary N) is 1. The number of rotatable bonds is 5. The molecule has 2 N–H and O–H groups in total. The van der Waals surface area contributed by atoms with Crippen LogP contribution in [0.5, 0.6) is 5.75 Å². The highest BCUT2D eigenvalue weighted by molar-refractivity contribution is 5.77. The number of amides is 1. The second kappa shape index (κ2) is 6.08. The summed E-state index contributed by atoms with van der Waals surface area (Å²) >= 11 is 0. The molecule has 118 valence electrons. The molecule has 1 amide bonds. The lowest BCUT2D eigenvalue weighted by Gasteiger charge is -2.12. The van der Waals surface area contributed by atoms with Gasteiger partial charge in [0.25, 0.3) is 0 Å². The summed E-state index contributed by atoms with van der Waals surface area (Å²) in [6.07, 6.45) is -3.45. The average Bonchev–Trinajstić information content (AvgIpc) is 2.78. The molecule has 1 aromatic heterocycles. The van der Waals surface area contributed by atoms with E-state index in [1.807, 2.05) is 0 Å². The predicted octanol–water partition coefficient (Wildman–Crippen LogP) is 2.05. The van der Waals surface area contributed by atoms with Crippen molar-refractivity contribution in [1.29, 1.82) is 0 Å². The Kier molecular flexibility index (Phi) is 4.39. The summed E-state index contributed by atoms with van der Waals surface area (Å²) in [6.45, 7) is -0.307. The van der Waals surface area contributed by atoms with Gasteiger partial charge in [0.2, 0.25) is 5.91 Å². The van der Waals surface area contributed by atoms with Gasteiger partial charge in [-0.2, -0.15) is 18.3 Å². The predicted molar refractivity (Wildman–Crippen MR) is 71.9 cm³/mol. The highest BCUT2D eigenvalue weighted by atomic mass is 19.4. The molecule has 0 atom stereocenters. The molecular formula is C14H14F3N3O2. The number of carbonyl (C=O) groups excluding carboxylic acids is 1. The molecule has 0 saturated carbocycles. The molecule has 0 fully saturated rings. The highest BCUT2D eigenvalue weighted by Crippen LogP contribution is 2.32. The molecule has 1 aromatic carbocycles. The maximum Gasteiger partial charge on any atom is 0.433 e. The van der Waals surface area contributed by atoms with Gasteiger partial charge in [-0.1, -0.05) is 18.2 Å². The fourth-order valence-electron chi connectivity index (χ4n) is 2.09. The molecule has 5 nitrogen and oxygen atoms in total. The first-order valence-corrected chi connectivity index (χ1v) is 6.36. The molecule has 2 aromatic rings. The van der Waals surface area contributed by atoms with Crippen LogP contribution in [0.4, 0.5) is 13.2 Å². The van der Waals surface area contributed by atoms with Gasteiger partial charge in [-0.15, -0.1) is 0 Å². The smallest absolute Gasteiger partial charge is 0.433 e. The Morgan fingerprint density at radius 1 is 1.32 bits per heavy atom. The van der Waals surface area contributed by atoms with Crippen molar-refractivity contribution < 1.29 is 22.7 Å². The van der Waals surface area contributed by atoms with E-state index in [1.165, 1.54) is 7.05 Å². The second-order valence-electron chi connectivity index (χ2n) is 4.68. The van der Waals surface area contributed by atoms with Crippen LogP contribution in [0.25, 0.3) is 0 Å². The zero-order chi connectivity index (χ0) is 16.3. The lowest BCUT2D eigenvalue weighted by Crippen LogP contribution is -2.16. The van der Waals surface area contributed by atoms with Crippen molar-refractivity contribution in [2.45, 2.75) is 19.2 Å². The van der Waals surface area contributed by atoms with Crippen molar-refractivity contribution in [2.24, 2.45) is 12.8 Å². The zero-order valence-corrected chi connectivity index (χ0v) is 11.7. The van der Waals surface area contributed by atoms with Crippen LogP contribution < -0.4 is 10.5 Å². The Labute approximate surface area is 124 Å². The van der Waals surface area contributed by atoms with Crippen molar-refractivity contribution in [3.63, 3.8) is 0 Å². The molecule has 8 heteroatoms. The van der Waals surface area contributed by atoms with Crippen molar-refractivity contribution >= 4 is 5.91 Å². The number of primary amides is 1. The van der Waals surface area contributed by atoms with Crippen molar-refractivity contribution in [3.05, 3.63) is 47.3 Å². The topological polar surface area (TPSA) is 70.1 Å². The molecule has 0 radical (unpaired) electrons. The van der Waals surface area contributed by atoms with E-state index in [4.69, 9.17) is 10.5 Å². The van der Waals surface area contributed by atoms with Gasteiger partial charge in [0.15, 0.2) is 0 Å². The number of nitrogens with zero attached hydrogens (tertiary/aromatic N) is 2. The number of hydrogen-bond acceptors (Lipinski definition) is 3. The van der Waals surface area contributed by atoms with Crippen LogP contribution in [0.3, 0.4) is 0 Å². The van der Waals surface area contributed by atoms with Gasteiger partial charge < -0.3 is 10.5 Å². The van der Waals surface area contributed by atoms with Gasteiger partial charge >= 0.3 is 6.18 Å². The third-order valence-corrected chi connectivity index (χ3v) is 3.00. The molecule has 0 spiro atoms. The minimum Gasteiger partial charge on any atom is -0.488 e. The van der Waals surface area contributed by atoms with Crippen LogP contribution in [0.15, 0.2) is 30.5 Å². The number of para-hydroxylation sites is 1. The minimum absolute atomic E-state index is 0.0463. The molecule has 0 aliphatic heterocycles. The maximum absolute atomic E-state index is 12.9. The van der Waals surface area contributed by atoms with Crippen LogP contribution in [0, 0.1) is 0 Å². The van der Waals surface area contributed by atoms with Crippen molar-refractivity contribution in [1.82, 2.24) is 9.78 Å². The lowest BCUT2D eigenvalue weighted by atomic mass is 10.1.